The first-order chi connectivity index (χ1) is 14.1. The Kier molecular flexibility index (Phi) is 5.62. The van der Waals surface area contributed by atoms with Crippen LogP contribution in [-0.4, -0.2) is 52.5 Å². The molecule has 1 atom stereocenters. The fourth-order valence-electron chi connectivity index (χ4n) is 3.19. The first kappa shape index (κ1) is 19.2. The third-order valence-electron chi connectivity index (χ3n) is 4.55. The van der Waals surface area contributed by atoms with Crippen molar-refractivity contribution in [3.63, 3.8) is 0 Å². The summed E-state index contributed by atoms with van der Waals surface area (Å²) in [4.78, 5) is 18.0. The number of pyridine rings is 1. The van der Waals surface area contributed by atoms with Gasteiger partial charge in [-0.05, 0) is 44.2 Å². The predicted octanol–water partition coefficient (Wildman–Crippen LogP) is 3.10. The zero-order chi connectivity index (χ0) is 20.2. The van der Waals surface area contributed by atoms with Gasteiger partial charge in [-0.3, -0.25) is 14.5 Å². The molecule has 1 N–H and O–H groups in total. The Labute approximate surface area is 168 Å². The Balaban J connectivity index is 1.57. The maximum Gasteiger partial charge on any atom is 0.217 e. The van der Waals surface area contributed by atoms with E-state index in [4.69, 9.17) is 9.72 Å². The molecule has 150 valence electrons. The number of aliphatic imine (C=N–C) groups is 2. The topological polar surface area (TPSA) is 76.7 Å². The molecule has 8 heteroatoms. The van der Waals surface area contributed by atoms with Crippen LogP contribution in [0.4, 0.5) is 4.39 Å². The van der Waals surface area contributed by atoms with Crippen LogP contribution in [0.2, 0.25) is 0 Å². The zero-order valence-electron chi connectivity index (χ0n) is 16.4. The summed E-state index contributed by atoms with van der Waals surface area (Å²) in [7, 11) is 0. The number of nitrogens with zero attached hydrogens (tertiary/aromatic N) is 5. The summed E-state index contributed by atoms with van der Waals surface area (Å²) < 4.78 is 20.9. The second-order valence-electron chi connectivity index (χ2n) is 7.04. The Bertz CT molecular complexity index is 1040. The normalized spacial score (nSPS) is 16.4. The number of imidazole rings is 1. The molecule has 1 unspecified atom stereocenters. The van der Waals surface area contributed by atoms with Crippen molar-refractivity contribution in [2.24, 2.45) is 9.98 Å². The van der Waals surface area contributed by atoms with Crippen LogP contribution in [0, 0.1) is 5.82 Å². The fourth-order valence-corrected chi connectivity index (χ4v) is 3.19. The monoisotopic (exact) mass is 394 g/mol. The third-order valence-corrected chi connectivity index (χ3v) is 4.55. The van der Waals surface area contributed by atoms with Crippen molar-refractivity contribution in [2.45, 2.75) is 25.9 Å². The lowest BCUT2D eigenvalue weighted by Crippen LogP contribution is -2.30. The average Bonchev–Trinajstić information content (AvgIpc) is 3.12. The summed E-state index contributed by atoms with van der Waals surface area (Å²) in [5, 5.41) is 3.18. The lowest BCUT2D eigenvalue weighted by Gasteiger charge is -2.17. The summed E-state index contributed by atoms with van der Waals surface area (Å²) in [5.74, 6) is 1.03. The van der Waals surface area contributed by atoms with Gasteiger partial charge in [-0.15, -0.1) is 0 Å². The molecular weight excluding hydrogens is 371 g/mol. The molecule has 0 radical (unpaired) electrons. The minimum atomic E-state index is -0.279. The number of hydrogen-bond donors (Lipinski definition) is 1. The van der Waals surface area contributed by atoms with E-state index in [1.807, 2.05) is 30.7 Å². The summed E-state index contributed by atoms with van der Waals surface area (Å²) in [6.07, 6.45) is 5.53. The summed E-state index contributed by atoms with van der Waals surface area (Å²) in [5.41, 5.74) is 2.51. The first-order valence-corrected chi connectivity index (χ1v) is 9.64. The van der Waals surface area contributed by atoms with Crippen molar-refractivity contribution in [1.82, 2.24) is 19.9 Å². The van der Waals surface area contributed by atoms with Gasteiger partial charge in [0, 0.05) is 24.6 Å². The van der Waals surface area contributed by atoms with Crippen LogP contribution in [0.15, 0.2) is 52.7 Å². The maximum atomic E-state index is 13.4. The first-order valence-electron chi connectivity index (χ1n) is 9.64. The molecule has 3 heterocycles. The average molecular weight is 394 g/mol. The molecule has 7 nitrogen and oxygen atoms in total. The lowest BCUT2D eigenvalue weighted by atomic mass is 10.1. The summed E-state index contributed by atoms with van der Waals surface area (Å²) in [6.45, 7) is 5.78. The molecule has 1 aliphatic rings. The molecule has 0 amide bonds. The molecular formula is C21H23FN6O. The Morgan fingerprint density at radius 3 is 2.79 bits per heavy atom. The molecule has 3 aromatic rings. The number of hydrogen-bond acceptors (Lipinski definition) is 6. The highest BCUT2D eigenvalue weighted by atomic mass is 19.1. The van der Waals surface area contributed by atoms with Gasteiger partial charge in [0.05, 0.1) is 42.4 Å². The number of aromatic nitrogens is 3. The fraction of sp³-hybridized carbons (Fsp3) is 0.333. The van der Waals surface area contributed by atoms with Gasteiger partial charge in [0.15, 0.2) is 0 Å². The molecule has 1 aromatic carbocycles. The van der Waals surface area contributed by atoms with Gasteiger partial charge in [-0.1, -0.05) is 0 Å². The van der Waals surface area contributed by atoms with E-state index in [2.05, 4.69) is 20.3 Å². The van der Waals surface area contributed by atoms with Crippen molar-refractivity contribution < 1.29 is 9.13 Å². The van der Waals surface area contributed by atoms with Gasteiger partial charge < -0.3 is 10.1 Å². The molecule has 1 aliphatic heterocycles. The third kappa shape index (κ3) is 4.32. The van der Waals surface area contributed by atoms with Crippen molar-refractivity contribution >= 4 is 23.2 Å². The van der Waals surface area contributed by atoms with E-state index in [1.54, 1.807) is 24.5 Å². The molecule has 29 heavy (non-hydrogen) atoms. The zero-order valence-corrected chi connectivity index (χ0v) is 16.4. The number of halogens is 1. The number of ether oxygens (including phenoxy) is 1. The molecule has 2 aromatic heterocycles. The molecule has 0 fully saturated rings. The lowest BCUT2D eigenvalue weighted by molar-refractivity contribution is 0.0830. The Hall–Kier alpha value is -3.13. The van der Waals surface area contributed by atoms with Gasteiger partial charge in [0.25, 0.3) is 0 Å². The molecule has 0 saturated heterocycles. The quantitative estimate of drug-likeness (QED) is 0.652. The van der Waals surface area contributed by atoms with Crippen molar-refractivity contribution in [1.29, 1.82) is 0 Å². The van der Waals surface area contributed by atoms with Gasteiger partial charge in [0.1, 0.15) is 11.6 Å². The van der Waals surface area contributed by atoms with Crippen molar-refractivity contribution in [2.75, 3.05) is 19.7 Å². The number of benzene rings is 1. The van der Waals surface area contributed by atoms with E-state index in [1.165, 1.54) is 12.1 Å². The van der Waals surface area contributed by atoms with Gasteiger partial charge in [0.2, 0.25) is 5.96 Å². The van der Waals surface area contributed by atoms with Crippen LogP contribution in [0.5, 0.6) is 0 Å². The van der Waals surface area contributed by atoms with Gasteiger partial charge in [-0.25, -0.2) is 14.4 Å². The number of nitrogens with one attached hydrogen (secondary N) is 1. The van der Waals surface area contributed by atoms with Crippen LogP contribution < -0.4 is 5.32 Å². The second-order valence-corrected chi connectivity index (χ2v) is 7.04. The number of fused-ring (bicyclic) bond motifs is 1. The summed E-state index contributed by atoms with van der Waals surface area (Å²) >= 11 is 0. The smallest absolute Gasteiger partial charge is 0.217 e. The highest BCUT2D eigenvalue weighted by Gasteiger charge is 2.22. The van der Waals surface area contributed by atoms with Crippen LogP contribution in [0.1, 0.15) is 25.6 Å². The SMILES string of the molecule is CC(C)OCCNC1=NCC(c2nc3ccncc3n2-c2ccc(F)cc2)C=N1. The van der Waals surface area contributed by atoms with Gasteiger partial charge >= 0.3 is 0 Å². The molecule has 0 bridgehead atoms. The van der Waals surface area contributed by atoms with E-state index >= 15 is 0 Å². The van der Waals surface area contributed by atoms with E-state index in [0.29, 0.717) is 25.7 Å². The summed E-state index contributed by atoms with van der Waals surface area (Å²) in [6, 6.07) is 8.21. The van der Waals surface area contributed by atoms with Gasteiger partial charge in [-0.2, -0.15) is 0 Å². The second kappa shape index (κ2) is 8.48. The molecule has 0 spiro atoms. The number of guanidine groups is 1. The standard InChI is InChI=1S/C21H23FN6O/c1-14(2)29-10-9-24-21-25-11-15(12-26-21)20-27-18-7-8-23-13-19(18)28(20)17-5-3-16(22)4-6-17/h3-8,11,13-15H,9-10,12H2,1-2H3,(H,24,26). The van der Waals surface area contributed by atoms with Crippen LogP contribution in [-0.2, 0) is 4.74 Å². The maximum absolute atomic E-state index is 13.4. The highest BCUT2D eigenvalue weighted by Crippen LogP contribution is 2.26. The minimum absolute atomic E-state index is 0.0927. The molecule has 4 rings (SSSR count). The van der Waals surface area contributed by atoms with E-state index < -0.39 is 0 Å². The van der Waals surface area contributed by atoms with E-state index in [0.717, 1.165) is 22.5 Å². The Morgan fingerprint density at radius 2 is 2.07 bits per heavy atom. The van der Waals surface area contributed by atoms with Crippen LogP contribution in [0.25, 0.3) is 16.7 Å². The van der Waals surface area contributed by atoms with Crippen LogP contribution >= 0.6 is 0 Å². The van der Waals surface area contributed by atoms with Crippen LogP contribution in [0.3, 0.4) is 0 Å². The minimum Gasteiger partial charge on any atom is -0.377 e. The Morgan fingerprint density at radius 1 is 1.24 bits per heavy atom. The molecule has 0 saturated carbocycles. The van der Waals surface area contributed by atoms with E-state index in [-0.39, 0.29) is 17.8 Å². The van der Waals surface area contributed by atoms with E-state index in [9.17, 15) is 4.39 Å². The molecule has 0 aliphatic carbocycles. The van der Waals surface area contributed by atoms with Crippen molar-refractivity contribution in [3.05, 3.63) is 54.4 Å². The highest BCUT2D eigenvalue weighted by molar-refractivity contribution is 5.92. The largest absolute Gasteiger partial charge is 0.377 e. The predicted molar refractivity (Wildman–Crippen MR) is 111 cm³/mol. The number of rotatable bonds is 6. The van der Waals surface area contributed by atoms with Crippen molar-refractivity contribution in [3.8, 4) is 5.69 Å².